The summed E-state index contributed by atoms with van der Waals surface area (Å²) < 4.78 is 75.9. The molecule has 0 radical (unpaired) electrons. The first-order valence-electron chi connectivity index (χ1n) is 6.43. The van der Waals surface area contributed by atoms with Crippen LogP contribution in [0.2, 0.25) is 0 Å². The minimum atomic E-state index is -4.94. The third-order valence-electron chi connectivity index (χ3n) is 3.29. The van der Waals surface area contributed by atoms with Crippen molar-refractivity contribution in [2.24, 2.45) is 0 Å². The van der Waals surface area contributed by atoms with Crippen LogP contribution in [0.25, 0.3) is 0 Å². The molecule has 1 aliphatic carbocycles. The zero-order valence-corrected chi connectivity index (χ0v) is 11.1. The minimum absolute atomic E-state index is 0.00894. The number of urea groups is 1. The summed E-state index contributed by atoms with van der Waals surface area (Å²) in [6.07, 6.45) is -7.48. The number of carbonyl (C=O) groups is 1. The van der Waals surface area contributed by atoms with Gasteiger partial charge in [0.1, 0.15) is 0 Å². The van der Waals surface area contributed by atoms with Crippen LogP contribution in [-0.4, -0.2) is 12.1 Å². The predicted octanol–water partition coefficient (Wildman–Crippen LogP) is 4.40. The summed E-state index contributed by atoms with van der Waals surface area (Å²) in [6.45, 7) is 0. The Hall–Kier alpha value is -1.93. The van der Waals surface area contributed by atoms with Crippen LogP contribution in [-0.2, 0) is 12.4 Å². The molecular weight excluding hydrogens is 314 g/mol. The van der Waals surface area contributed by atoms with E-state index in [2.05, 4.69) is 5.32 Å². The van der Waals surface area contributed by atoms with Crippen LogP contribution in [0.15, 0.2) is 18.2 Å². The highest BCUT2D eigenvalue weighted by Gasteiger charge is 2.37. The minimum Gasteiger partial charge on any atom is -0.335 e. The van der Waals surface area contributed by atoms with E-state index in [0.717, 1.165) is 19.3 Å². The van der Waals surface area contributed by atoms with E-state index in [9.17, 15) is 31.1 Å². The Labute approximate surface area is 121 Å². The zero-order chi connectivity index (χ0) is 16.5. The molecule has 1 fully saturated rings. The molecule has 0 saturated heterocycles. The molecule has 2 amide bonds. The molecule has 1 saturated carbocycles. The molecule has 0 spiro atoms. The van der Waals surface area contributed by atoms with Gasteiger partial charge in [0, 0.05) is 11.7 Å². The molecule has 0 aromatic heterocycles. The van der Waals surface area contributed by atoms with E-state index in [-0.39, 0.29) is 12.1 Å². The van der Waals surface area contributed by atoms with E-state index in [0.29, 0.717) is 12.1 Å². The van der Waals surface area contributed by atoms with Gasteiger partial charge in [-0.1, -0.05) is 0 Å². The van der Waals surface area contributed by atoms with Gasteiger partial charge in [-0.3, -0.25) is 0 Å². The molecule has 22 heavy (non-hydrogen) atoms. The molecular formula is C13H12F6N2O. The number of carbonyl (C=O) groups excluding carboxylic acids is 1. The first-order chi connectivity index (χ1) is 10.1. The lowest BCUT2D eigenvalue weighted by molar-refractivity contribution is -0.143. The number of hydrogen-bond acceptors (Lipinski definition) is 1. The molecule has 1 aromatic rings. The molecule has 1 aliphatic rings. The smallest absolute Gasteiger partial charge is 0.335 e. The van der Waals surface area contributed by atoms with Crippen molar-refractivity contribution in [3.05, 3.63) is 29.3 Å². The Bertz CT molecular complexity index is 530. The lowest BCUT2D eigenvalue weighted by Crippen LogP contribution is -2.41. The number of nitrogens with one attached hydrogen (secondary N) is 2. The quantitative estimate of drug-likeness (QED) is 0.777. The summed E-state index contributed by atoms with van der Waals surface area (Å²) in [6, 6.07) is 0.0326. The fraction of sp³-hybridized carbons (Fsp3) is 0.462. The van der Waals surface area contributed by atoms with Gasteiger partial charge in [-0.2, -0.15) is 26.3 Å². The number of benzene rings is 1. The average molecular weight is 326 g/mol. The van der Waals surface area contributed by atoms with Crippen molar-refractivity contribution in [3.8, 4) is 0 Å². The fourth-order valence-corrected chi connectivity index (χ4v) is 1.93. The molecule has 122 valence electrons. The summed E-state index contributed by atoms with van der Waals surface area (Å²) in [7, 11) is 0. The van der Waals surface area contributed by atoms with Gasteiger partial charge in [-0.15, -0.1) is 0 Å². The van der Waals surface area contributed by atoms with E-state index in [4.69, 9.17) is 0 Å². The second kappa shape index (κ2) is 5.69. The van der Waals surface area contributed by atoms with E-state index < -0.39 is 35.2 Å². The van der Waals surface area contributed by atoms with Gasteiger partial charge in [0.15, 0.2) is 0 Å². The van der Waals surface area contributed by atoms with Crippen LogP contribution < -0.4 is 10.6 Å². The highest BCUT2D eigenvalue weighted by molar-refractivity contribution is 5.89. The van der Waals surface area contributed by atoms with Gasteiger partial charge in [-0.05, 0) is 37.5 Å². The van der Waals surface area contributed by atoms with Gasteiger partial charge < -0.3 is 10.6 Å². The standard InChI is InChI=1S/C13H12F6N2O/c14-12(15,16)7-4-8(13(17,18)19)6-10(5-7)21-11(22)20-9-2-1-3-9/h4-6,9H,1-3H2,(H2,20,21,22). The largest absolute Gasteiger partial charge is 0.416 e. The monoisotopic (exact) mass is 326 g/mol. The second-order valence-corrected chi connectivity index (χ2v) is 5.02. The molecule has 0 heterocycles. The van der Waals surface area contributed by atoms with Crippen LogP contribution in [0.3, 0.4) is 0 Å². The molecule has 1 aromatic carbocycles. The van der Waals surface area contributed by atoms with Crippen LogP contribution in [0.1, 0.15) is 30.4 Å². The van der Waals surface area contributed by atoms with E-state index in [1.807, 2.05) is 5.32 Å². The number of halogens is 6. The lowest BCUT2D eigenvalue weighted by Gasteiger charge is -2.26. The average Bonchev–Trinajstić information content (AvgIpc) is 2.31. The first-order valence-corrected chi connectivity index (χ1v) is 6.43. The number of hydrogen-bond donors (Lipinski definition) is 2. The summed E-state index contributed by atoms with van der Waals surface area (Å²) in [4.78, 5) is 11.6. The molecule has 2 rings (SSSR count). The van der Waals surface area contributed by atoms with Crippen molar-refractivity contribution < 1.29 is 31.1 Å². The maximum atomic E-state index is 12.7. The first kappa shape index (κ1) is 16.4. The van der Waals surface area contributed by atoms with Gasteiger partial charge in [0.25, 0.3) is 0 Å². The summed E-state index contributed by atoms with van der Waals surface area (Å²) in [5, 5.41) is 4.48. The topological polar surface area (TPSA) is 41.1 Å². The highest BCUT2D eigenvalue weighted by atomic mass is 19.4. The maximum absolute atomic E-state index is 12.7. The third kappa shape index (κ3) is 4.05. The summed E-state index contributed by atoms with van der Waals surface area (Å²) in [5.41, 5.74) is -3.50. The van der Waals surface area contributed by atoms with Gasteiger partial charge in [-0.25, -0.2) is 4.79 Å². The molecule has 2 N–H and O–H groups in total. The number of anilines is 1. The van der Waals surface area contributed by atoms with Crippen molar-refractivity contribution in [3.63, 3.8) is 0 Å². The summed E-state index contributed by atoms with van der Waals surface area (Å²) >= 11 is 0. The van der Waals surface area contributed by atoms with Crippen molar-refractivity contribution in [2.75, 3.05) is 5.32 Å². The number of alkyl halides is 6. The van der Waals surface area contributed by atoms with E-state index in [1.165, 1.54) is 0 Å². The fourth-order valence-electron chi connectivity index (χ4n) is 1.93. The Balaban J connectivity index is 2.23. The van der Waals surface area contributed by atoms with Crippen LogP contribution >= 0.6 is 0 Å². The Morgan fingerprint density at radius 2 is 1.45 bits per heavy atom. The molecule has 0 bridgehead atoms. The molecule has 0 aliphatic heterocycles. The van der Waals surface area contributed by atoms with Crippen LogP contribution in [0, 0.1) is 0 Å². The Morgan fingerprint density at radius 3 is 1.82 bits per heavy atom. The van der Waals surface area contributed by atoms with Crippen LogP contribution in [0.4, 0.5) is 36.8 Å². The summed E-state index contributed by atoms with van der Waals surface area (Å²) in [5.74, 6) is 0. The zero-order valence-electron chi connectivity index (χ0n) is 11.1. The highest BCUT2D eigenvalue weighted by Crippen LogP contribution is 2.37. The normalized spacial score (nSPS) is 16.1. The molecule has 3 nitrogen and oxygen atoms in total. The van der Waals surface area contributed by atoms with Gasteiger partial charge in [0.2, 0.25) is 0 Å². The third-order valence-corrected chi connectivity index (χ3v) is 3.29. The molecule has 0 atom stereocenters. The van der Waals surface area contributed by atoms with Gasteiger partial charge >= 0.3 is 18.4 Å². The van der Waals surface area contributed by atoms with Crippen molar-refractivity contribution in [2.45, 2.75) is 37.7 Å². The SMILES string of the molecule is O=C(Nc1cc(C(F)(F)F)cc(C(F)(F)F)c1)NC1CCC1. The van der Waals surface area contributed by atoms with Crippen molar-refractivity contribution in [1.82, 2.24) is 5.32 Å². The van der Waals surface area contributed by atoms with E-state index in [1.54, 1.807) is 0 Å². The number of rotatable bonds is 2. The maximum Gasteiger partial charge on any atom is 0.416 e. The Morgan fingerprint density at radius 1 is 0.955 bits per heavy atom. The number of amides is 2. The van der Waals surface area contributed by atoms with Crippen molar-refractivity contribution >= 4 is 11.7 Å². The van der Waals surface area contributed by atoms with Gasteiger partial charge in [0.05, 0.1) is 11.1 Å². The Kier molecular flexibility index (Phi) is 4.25. The van der Waals surface area contributed by atoms with Crippen LogP contribution in [0.5, 0.6) is 0 Å². The molecule has 9 heteroatoms. The second-order valence-electron chi connectivity index (χ2n) is 5.02. The predicted molar refractivity (Wildman–Crippen MR) is 66.2 cm³/mol. The lowest BCUT2D eigenvalue weighted by atomic mass is 9.93. The molecule has 0 unspecified atom stereocenters. The van der Waals surface area contributed by atoms with Crippen molar-refractivity contribution in [1.29, 1.82) is 0 Å². The van der Waals surface area contributed by atoms with E-state index >= 15 is 0 Å².